The van der Waals surface area contributed by atoms with Crippen LogP contribution in [0, 0.1) is 0 Å². The molecule has 1 aromatic rings. The Bertz CT molecular complexity index is 661. The summed E-state index contributed by atoms with van der Waals surface area (Å²) in [5.74, 6) is -0.442. The van der Waals surface area contributed by atoms with Gasteiger partial charge < -0.3 is 25.0 Å². The third-order valence-corrected chi connectivity index (χ3v) is 3.77. The Morgan fingerprint density at radius 2 is 1.89 bits per heavy atom. The summed E-state index contributed by atoms with van der Waals surface area (Å²) in [6.07, 6.45) is 4.88. The second-order valence-electron chi connectivity index (χ2n) is 5.13. The maximum atomic E-state index is 10.5. The Hall–Kier alpha value is -2.68. The number of carboxylic acid groups (broad SMARTS) is 2. The number of aliphatic carboxylic acids is 2. The lowest BCUT2D eigenvalue weighted by Gasteiger charge is -2.11. The Balaban J connectivity index is 0.000000516. The summed E-state index contributed by atoms with van der Waals surface area (Å²) in [5.41, 5.74) is 0.666. The summed E-state index contributed by atoms with van der Waals surface area (Å²) in [6.45, 7) is 1.31. The Kier molecular flexibility index (Phi) is 12.2. The van der Waals surface area contributed by atoms with Crippen LogP contribution < -0.4 is 14.8 Å². The first-order valence-electron chi connectivity index (χ1n) is 7.87. The first-order valence-corrected chi connectivity index (χ1v) is 9.27. The van der Waals surface area contributed by atoms with Crippen LogP contribution in [-0.2, 0) is 14.4 Å². The molecule has 0 bridgehead atoms. The number of thioether (sulfide) groups is 1. The van der Waals surface area contributed by atoms with E-state index in [9.17, 15) is 14.4 Å². The van der Waals surface area contributed by atoms with Crippen molar-refractivity contribution in [1.82, 2.24) is 5.32 Å². The SMILES string of the molecule is COc1cccc(C=CC(=O)O)c1OC.CSCCC(NC(C)=O)C(=O)O. The summed E-state index contributed by atoms with van der Waals surface area (Å²) < 4.78 is 10.2. The van der Waals surface area contributed by atoms with Crippen LogP contribution in [0.15, 0.2) is 24.3 Å². The second-order valence-corrected chi connectivity index (χ2v) is 6.11. The van der Waals surface area contributed by atoms with Crippen molar-refractivity contribution in [3.63, 3.8) is 0 Å². The third-order valence-electron chi connectivity index (χ3n) is 3.13. The molecular weight excluding hydrogens is 374 g/mol. The molecular formula is C18H25NO7S. The van der Waals surface area contributed by atoms with Crippen LogP contribution in [0.3, 0.4) is 0 Å². The number of carboxylic acids is 2. The van der Waals surface area contributed by atoms with Crippen molar-refractivity contribution >= 4 is 35.7 Å². The van der Waals surface area contributed by atoms with Crippen LogP contribution in [0.4, 0.5) is 0 Å². The number of benzene rings is 1. The number of para-hydroxylation sites is 1. The smallest absolute Gasteiger partial charge is 0.328 e. The maximum absolute atomic E-state index is 10.5. The maximum Gasteiger partial charge on any atom is 0.328 e. The monoisotopic (exact) mass is 399 g/mol. The van der Waals surface area contributed by atoms with Gasteiger partial charge in [-0.25, -0.2) is 9.59 Å². The van der Waals surface area contributed by atoms with Crippen molar-refractivity contribution < 1.29 is 34.1 Å². The van der Waals surface area contributed by atoms with Crippen molar-refractivity contribution in [2.45, 2.75) is 19.4 Å². The van der Waals surface area contributed by atoms with E-state index in [1.165, 1.54) is 27.2 Å². The van der Waals surface area contributed by atoms with Gasteiger partial charge in [0.05, 0.1) is 14.2 Å². The number of hydrogen-bond acceptors (Lipinski definition) is 6. The normalized spacial score (nSPS) is 11.1. The molecule has 1 amide bonds. The van der Waals surface area contributed by atoms with Gasteiger partial charge >= 0.3 is 11.9 Å². The minimum atomic E-state index is -1.00. The zero-order valence-electron chi connectivity index (χ0n) is 15.7. The van der Waals surface area contributed by atoms with E-state index in [0.29, 0.717) is 23.5 Å². The molecule has 0 fully saturated rings. The zero-order chi connectivity index (χ0) is 20.8. The van der Waals surface area contributed by atoms with Crippen LogP contribution in [0.5, 0.6) is 11.5 Å². The van der Waals surface area contributed by atoms with Crippen molar-refractivity contribution in [3.05, 3.63) is 29.8 Å². The van der Waals surface area contributed by atoms with Gasteiger partial charge in [-0.15, -0.1) is 0 Å². The van der Waals surface area contributed by atoms with E-state index in [1.807, 2.05) is 6.26 Å². The molecule has 1 unspecified atom stereocenters. The Morgan fingerprint density at radius 3 is 2.33 bits per heavy atom. The van der Waals surface area contributed by atoms with E-state index in [0.717, 1.165) is 11.8 Å². The van der Waals surface area contributed by atoms with Crippen LogP contribution >= 0.6 is 11.8 Å². The molecule has 0 spiro atoms. The van der Waals surface area contributed by atoms with Gasteiger partial charge in [-0.3, -0.25) is 4.79 Å². The molecule has 1 rings (SSSR count). The molecule has 0 aliphatic heterocycles. The largest absolute Gasteiger partial charge is 0.493 e. The van der Waals surface area contributed by atoms with Crippen molar-refractivity contribution in [3.8, 4) is 11.5 Å². The summed E-state index contributed by atoms with van der Waals surface area (Å²) in [6, 6.07) is 4.52. The molecule has 0 aliphatic carbocycles. The summed E-state index contributed by atoms with van der Waals surface area (Å²) >= 11 is 1.56. The van der Waals surface area contributed by atoms with Crippen LogP contribution in [0.25, 0.3) is 6.08 Å². The number of hydrogen-bond donors (Lipinski definition) is 3. The molecule has 1 atom stereocenters. The predicted octanol–water partition coefficient (Wildman–Crippen LogP) is 2.13. The minimum absolute atomic E-state index is 0.302. The quantitative estimate of drug-likeness (QED) is 0.540. The highest BCUT2D eigenvalue weighted by atomic mass is 32.2. The lowest BCUT2D eigenvalue weighted by molar-refractivity contribution is -0.141. The highest BCUT2D eigenvalue weighted by Gasteiger charge is 2.16. The number of rotatable bonds is 9. The number of nitrogens with one attached hydrogen (secondary N) is 1. The van der Waals surface area contributed by atoms with E-state index in [1.54, 1.807) is 30.0 Å². The van der Waals surface area contributed by atoms with Gasteiger partial charge in [-0.2, -0.15) is 11.8 Å². The molecule has 0 saturated heterocycles. The Morgan fingerprint density at radius 1 is 1.22 bits per heavy atom. The molecule has 0 heterocycles. The van der Waals surface area contributed by atoms with Crippen LogP contribution in [0.2, 0.25) is 0 Å². The van der Waals surface area contributed by atoms with Gasteiger partial charge in [-0.05, 0) is 30.6 Å². The summed E-state index contributed by atoms with van der Waals surface area (Å²) in [5, 5.41) is 19.5. The van der Waals surface area contributed by atoms with Crippen LogP contribution in [-0.4, -0.2) is 60.3 Å². The lowest BCUT2D eigenvalue weighted by Crippen LogP contribution is -2.39. The van der Waals surface area contributed by atoms with E-state index in [2.05, 4.69) is 5.32 Å². The molecule has 0 saturated carbocycles. The number of methoxy groups -OCH3 is 2. The number of carbonyl (C=O) groups is 3. The van der Waals surface area contributed by atoms with Gasteiger partial charge in [-0.1, -0.05) is 12.1 Å². The van der Waals surface area contributed by atoms with E-state index >= 15 is 0 Å². The summed E-state index contributed by atoms with van der Waals surface area (Å²) in [7, 11) is 3.04. The number of ether oxygens (including phenoxy) is 2. The average Bonchev–Trinajstić information content (AvgIpc) is 2.62. The molecule has 0 aromatic heterocycles. The van der Waals surface area contributed by atoms with E-state index in [-0.39, 0.29) is 5.91 Å². The van der Waals surface area contributed by atoms with Crippen molar-refractivity contribution in [2.75, 3.05) is 26.2 Å². The standard InChI is InChI=1S/C11H12O4.C7H13NO3S/c1-14-9-5-3-4-8(11(9)15-2)6-7-10(12)13;1-5(9)8-6(7(10)11)3-4-12-2/h3-7H,1-2H3,(H,12,13);6H,3-4H2,1-2H3,(H,8,9)(H,10,11). The van der Waals surface area contributed by atoms with Gasteiger partial charge in [0.25, 0.3) is 0 Å². The molecule has 1 aromatic carbocycles. The molecule has 150 valence electrons. The first-order chi connectivity index (χ1) is 12.8. The molecule has 8 nitrogen and oxygen atoms in total. The van der Waals surface area contributed by atoms with Gasteiger partial charge in [0, 0.05) is 18.6 Å². The fourth-order valence-electron chi connectivity index (χ4n) is 1.94. The molecule has 27 heavy (non-hydrogen) atoms. The third kappa shape index (κ3) is 10.1. The Labute approximate surface area is 162 Å². The van der Waals surface area contributed by atoms with Crippen molar-refractivity contribution in [1.29, 1.82) is 0 Å². The van der Waals surface area contributed by atoms with Gasteiger partial charge in [0.15, 0.2) is 11.5 Å². The van der Waals surface area contributed by atoms with Crippen LogP contribution in [0.1, 0.15) is 18.9 Å². The van der Waals surface area contributed by atoms with Crippen molar-refractivity contribution in [2.24, 2.45) is 0 Å². The highest BCUT2D eigenvalue weighted by molar-refractivity contribution is 7.98. The summed E-state index contributed by atoms with van der Waals surface area (Å²) in [4.78, 5) is 31.4. The van der Waals surface area contributed by atoms with Gasteiger partial charge in [0.1, 0.15) is 6.04 Å². The second kappa shape index (κ2) is 13.5. The number of carbonyl (C=O) groups excluding carboxylic acids is 1. The van der Waals surface area contributed by atoms with Gasteiger partial charge in [0.2, 0.25) is 5.91 Å². The molecule has 9 heteroatoms. The predicted molar refractivity (Wildman–Crippen MR) is 104 cm³/mol. The molecule has 3 N–H and O–H groups in total. The fraction of sp³-hybridized carbons (Fsp3) is 0.389. The highest BCUT2D eigenvalue weighted by Crippen LogP contribution is 2.31. The number of amides is 1. The topological polar surface area (TPSA) is 122 Å². The first kappa shape index (κ1) is 24.3. The van der Waals surface area contributed by atoms with E-state index in [4.69, 9.17) is 19.7 Å². The molecule has 0 aliphatic rings. The van der Waals surface area contributed by atoms with E-state index < -0.39 is 18.0 Å². The zero-order valence-corrected chi connectivity index (χ0v) is 16.5. The average molecular weight is 399 g/mol. The minimum Gasteiger partial charge on any atom is -0.493 e. The fourth-order valence-corrected chi connectivity index (χ4v) is 2.41. The molecule has 0 radical (unpaired) electrons. The lowest BCUT2D eigenvalue weighted by atomic mass is 10.1.